The molecular formula is C22H34N4O2. The zero-order valence-electron chi connectivity index (χ0n) is 17.3. The number of fused-ring (bicyclic) bond motifs is 5. The average Bonchev–Trinajstić information content (AvgIpc) is 3.47. The number of ether oxygens (including phenoxy) is 1. The van der Waals surface area contributed by atoms with Crippen LogP contribution in [0.1, 0.15) is 50.2 Å². The van der Waals surface area contributed by atoms with Crippen molar-refractivity contribution in [3.05, 3.63) is 23.7 Å². The van der Waals surface area contributed by atoms with E-state index in [-0.39, 0.29) is 6.04 Å². The molecule has 5 atom stereocenters. The van der Waals surface area contributed by atoms with Crippen molar-refractivity contribution in [1.29, 1.82) is 0 Å². The van der Waals surface area contributed by atoms with Gasteiger partial charge < -0.3 is 19.4 Å². The molecule has 0 aromatic carbocycles. The number of aryl methyl sites for hydroxylation is 1. The summed E-state index contributed by atoms with van der Waals surface area (Å²) in [6.45, 7) is 10.3. The largest absolute Gasteiger partial charge is 0.465 e. The fourth-order valence-electron chi connectivity index (χ4n) is 5.80. The lowest BCUT2D eigenvalue weighted by Crippen LogP contribution is -2.42. The zero-order valence-corrected chi connectivity index (χ0v) is 17.3. The Kier molecular flexibility index (Phi) is 5.09. The summed E-state index contributed by atoms with van der Waals surface area (Å²) >= 11 is 0. The van der Waals surface area contributed by atoms with Crippen LogP contribution >= 0.6 is 0 Å². The Balaban J connectivity index is 1.32. The first-order valence-corrected chi connectivity index (χ1v) is 11.2. The smallest absolute Gasteiger partial charge is 0.194 e. The number of hydrogen-bond acceptors (Lipinski definition) is 4. The fourth-order valence-corrected chi connectivity index (χ4v) is 5.80. The van der Waals surface area contributed by atoms with E-state index in [9.17, 15) is 0 Å². The number of furan rings is 1. The maximum Gasteiger partial charge on any atom is 0.194 e. The predicted molar refractivity (Wildman–Crippen MR) is 109 cm³/mol. The van der Waals surface area contributed by atoms with Gasteiger partial charge in [-0.25, -0.2) is 0 Å². The van der Waals surface area contributed by atoms with Gasteiger partial charge in [0.1, 0.15) is 11.5 Å². The molecular weight excluding hydrogens is 352 g/mol. The molecule has 0 spiro atoms. The minimum atomic E-state index is 0.242. The summed E-state index contributed by atoms with van der Waals surface area (Å²) in [5.74, 6) is 4.51. The van der Waals surface area contributed by atoms with E-state index in [0.29, 0.717) is 24.0 Å². The highest BCUT2D eigenvalue weighted by molar-refractivity contribution is 5.80. The topological polar surface area (TPSA) is 53.2 Å². The van der Waals surface area contributed by atoms with Gasteiger partial charge >= 0.3 is 0 Å². The summed E-state index contributed by atoms with van der Waals surface area (Å²) < 4.78 is 12.2. The molecule has 0 saturated carbocycles. The molecule has 1 aromatic heterocycles. The van der Waals surface area contributed by atoms with E-state index in [2.05, 4.69) is 34.2 Å². The molecule has 1 aromatic rings. The lowest BCUT2D eigenvalue weighted by atomic mass is 9.82. The van der Waals surface area contributed by atoms with Crippen molar-refractivity contribution in [2.45, 2.75) is 57.8 Å². The fraction of sp³-hybridized carbons (Fsp3) is 0.773. The third-order valence-corrected chi connectivity index (χ3v) is 7.17. The highest BCUT2D eigenvalue weighted by Crippen LogP contribution is 2.47. The first-order chi connectivity index (χ1) is 13.7. The molecule has 0 radical (unpaired) electrons. The lowest BCUT2D eigenvalue weighted by Gasteiger charge is -2.27. The van der Waals surface area contributed by atoms with Crippen LogP contribution in [0.3, 0.4) is 0 Å². The van der Waals surface area contributed by atoms with Crippen LogP contribution in [0.25, 0.3) is 0 Å². The van der Waals surface area contributed by atoms with E-state index in [1.54, 1.807) is 0 Å². The second-order valence-corrected chi connectivity index (χ2v) is 8.92. The molecule has 5 heterocycles. The highest BCUT2D eigenvalue weighted by atomic mass is 16.5. The van der Waals surface area contributed by atoms with Gasteiger partial charge in [0, 0.05) is 31.5 Å². The molecule has 5 rings (SSSR count). The number of nitrogens with zero attached hydrogens (tertiary/aromatic N) is 3. The maximum absolute atomic E-state index is 6.15. The van der Waals surface area contributed by atoms with Crippen molar-refractivity contribution in [3.8, 4) is 0 Å². The molecule has 6 nitrogen and oxygen atoms in total. The van der Waals surface area contributed by atoms with E-state index in [4.69, 9.17) is 14.1 Å². The van der Waals surface area contributed by atoms with Gasteiger partial charge in [-0.1, -0.05) is 0 Å². The van der Waals surface area contributed by atoms with Crippen molar-refractivity contribution in [1.82, 2.24) is 15.1 Å². The van der Waals surface area contributed by atoms with Crippen molar-refractivity contribution >= 4 is 5.96 Å². The average molecular weight is 387 g/mol. The SMILES string of the molecule is CCNC(=NCC(c1ccc(C)o1)N1CCCC1)N1CC2C3CCC(O3)C2C1. The monoisotopic (exact) mass is 386 g/mol. The van der Waals surface area contributed by atoms with Gasteiger partial charge in [-0.15, -0.1) is 0 Å². The number of rotatable bonds is 5. The third kappa shape index (κ3) is 3.35. The van der Waals surface area contributed by atoms with Crippen molar-refractivity contribution in [3.63, 3.8) is 0 Å². The number of aliphatic imine (C=N–C) groups is 1. The molecule has 2 bridgehead atoms. The Bertz CT molecular complexity index is 693. The number of nitrogens with one attached hydrogen (secondary N) is 1. The van der Waals surface area contributed by atoms with Crippen molar-refractivity contribution in [2.75, 3.05) is 39.3 Å². The van der Waals surface area contributed by atoms with Crippen LogP contribution in [0.5, 0.6) is 0 Å². The third-order valence-electron chi connectivity index (χ3n) is 7.17. The van der Waals surface area contributed by atoms with Gasteiger partial charge in [0.15, 0.2) is 5.96 Å². The molecule has 154 valence electrons. The molecule has 4 aliphatic heterocycles. The first kappa shape index (κ1) is 18.5. The maximum atomic E-state index is 6.15. The van der Waals surface area contributed by atoms with Gasteiger partial charge in [-0.3, -0.25) is 9.89 Å². The standard InChI is InChI=1S/C22H34N4O2/c1-3-23-22(26-13-16-17(14-26)20-9-8-19(16)28-20)24-12-18(25-10-4-5-11-25)21-7-6-15(2)27-21/h6-7,16-20H,3-5,8-14H2,1-2H3,(H,23,24). The predicted octanol–water partition coefficient (Wildman–Crippen LogP) is 2.80. The first-order valence-electron chi connectivity index (χ1n) is 11.2. The van der Waals surface area contributed by atoms with E-state index in [1.165, 1.54) is 25.7 Å². The van der Waals surface area contributed by atoms with Crippen LogP contribution in [-0.2, 0) is 4.74 Å². The molecule has 0 amide bonds. The minimum absolute atomic E-state index is 0.242. The quantitative estimate of drug-likeness (QED) is 0.623. The number of hydrogen-bond donors (Lipinski definition) is 1. The Morgan fingerprint density at radius 3 is 2.50 bits per heavy atom. The van der Waals surface area contributed by atoms with E-state index >= 15 is 0 Å². The second kappa shape index (κ2) is 7.71. The van der Waals surface area contributed by atoms with Crippen LogP contribution in [-0.4, -0.2) is 67.2 Å². The van der Waals surface area contributed by atoms with Crippen LogP contribution in [0, 0.1) is 18.8 Å². The van der Waals surface area contributed by atoms with Crippen molar-refractivity contribution < 1.29 is 9.15 Å². The summed E-state index contributed by atoms with van der Waals surface area (Å²) in [6, 6.07) is 4.45. The number of likely N-dealkylation sites (tertiary alicyclic amines) is 2. The van der Waals surface area contributed by atoms with Crippen molar-refractivity contribution in [2.24, 2.45) is 16.8 Å². The Hall–Kier alpha value is -1.53. The van der Waals surface area contributed by atoms with E-state index in [1.807, 2.05) is 6.92 Å². The van der Waals surface area contributed by atoms with Crippen LogP contribution in [0.2, 0.25) is 0 Å². The molecule has 1 N–H and O–H groups in total. The molecule has 5 unspecified atom stereocenters. The van der Waals surface area contributed by atoms with Crippen LogP contribution in [0.4, 0.5) is 0 Å². The lowest BCUT2D eigenvalue weighted by molar-refractivity contribution is 0.0767. The Morgan fingerprint density at radius 1 is 1.18 bits per heavy atom. The minimum Gasteiger partial charge on any atom is -0.465 e. The van der Waals surface area contributed by atoms with Gasteiger partial charge in [-0.05, 0) is 64.8 Å². The van der Waals surface area contributed by atoms with Gasteiger partial charge in [0.2, 0.25) is 0 Å². The molecule has 4 aliphatic rings. The summed E-state index contributed by atoms with van der Waals surface area (Å²) in [6.07, 6.45) is 6.04. The number of guanidine groups is 1. The van der Waals surface area contributed by atoms with Gasteiger partial charge in [0.25, 0.3) is 0 Å². The summed E-state index contributed by atoms with van der Waals surface area (Å²) in [5, 5.41) is 3.55. The Labute approximate surface area is 168 Å². The molecule has 28 heavy (non-hydrogen) atoms. The molecule has 4 saturated heterocycles. The normalized spacial score (nSPS) is 33.6. The summed E-state index contributed by atoms with van der Waals surface area (Å²) in [7, 11) is 0. The second-order valence-electron chi connectivity index (χ2n) is 8.92. The van der Waals surface area contributed by atoms with Crippen LogP contribution in [0.15, 0.2) is 21.5 Å². The van der Waals surface area contributed by atoms with Crippen LogP contribution < -0.4 is 5.32 Å². The highest BCUT2D eigenvalue weighted by Gasteiger charge is 2.53. The molecule has 6 heteroatoms. The summed E-state index contributed by atoms with van der Waals surface area (Å²) in [5.41, 5.74) is 0. The van der Waals surface area contributed by atoms with Gasteiger partial charge in [-0.2, -0.15) is 0 Å². The molecule has 4 fully saturated rings. The van der Waals surface area contributed by atoms with Gasteiger partial charge in [0.05, 0.1) is 24.8 Å². The molecule has 0 aliphatic carbocycles. The summed E-state index contributed by atoms with van der Waals surface area (Å²) in [4.78, 5) is 10.1. The van der Waals surface area contributed by atoms with E-state index < -0.39 is 0 Å². The Morgan fingerprint density at radius 2 is 1.89 bits per heavy atom. The zero-order chi connectivity index (χ0) is 19.1. The van der Waals surface area contributed by atoms with E-state index in [0.717, 1.165) is 56.7 Å².